The molecule has 0 fully saturated rings. The van der Waals surface area contributed by atoms with Gasteiger partial charge in [0, 0.05) is 45.6 Å². The number of benzene rings is 3. The molecule has 4 nitrogen and oxygen atoms in total. The van der Waals surface area contributed by atoms with Crippen molar-refractivity contribution in [2.45, 2.75) is 26.3 Å². The molecule has 164 valence electrons. The van der Waals surface area contributed by atoms with Crippen LogP contribution >= 0.6 is 15.9 Å². The number of hydrogen-bond acceptors (Lipinski definition) is 3. The molecule has 0 radical (unpaired) electrons. The van der Waals surface area contributed by atoms with Gasteiger partial charge in [0.25, 0.3) is 0 Å². The lowest BCUT2D eigenvalue weighted by molar-refractivity contribution is -0.130. The first-order valence-electron chi connectivity index (χ1n) is 10.7. The summed E-state index contributed by atoms with van der Waals surface area (Å²) in [6.07, 6.45) is 0.405. The van der Waals surface area contributed by atoms with Crippen LogP contribution in [0.15, 0.2) is 82.4 Å². The average molecular weight is 502 g/mol. The molecule has 0 saturated heterocycles. The normalized spacial score (nSPS) is 15.7. The van der Waals surface area contributed by atoms with Gasteiger partial charge in [0.1, 0.15) is 5.82 Å². The van der Waals surface area contributed by atoms with E-state index in [4.69, 9.17) is 10.1 Å². The van der Waals surface area contributed by atoms with Gasteiger partial charge in [-0.15, -0.1) is 0 Å². The largest absolute Gasteiger partial charge is 0.273 e. The lowest BCUT2D eigenvalue weighted by Crippen LogP contribution is -2.25. The summed E-state index contributed by atoms with van der Waals surface area (Å²) in [7, 11) is 0. The molecular formula is C27H21BrFN3O. The Morgan fingerprint density at radius 2 is 1.76 bits per heavy atom. The maximum atomic E-state index is 14.7. The molecule has 0 spiro atoms. The van der Waals surface area contributed by atoms with Crippen molar-refractivity contribution in [1.82, 2.24) is 9.99 Å². The minimum atomic E-state index is -0.500. The topological polar surface area (TPSA) is 45.6 Å². The van der Waals surface area contributed by atoms with E-state index in [9.17, 15) is 9.18 Å². The minimum Gasteiger partial charge on any atom is -0.273 e. The fraction of sp³-hybridized carbons (Fsp3) is 0.148. The molecule has 1 aliphatic rings. The summed E-state index contributed by atoms with van der Waals surface area (Å²) >= 11 is 3.59. The van der Waals surface area contributed by atoms with Crippen molar-refractivity contribution in [3.8, 4) is 11.1 Å². The van der Waals surface area contributed by atoms with E-state index in [1.54, 1.807) is 18.2 Å². The Balaban J connectivity index is 1.75. The fourth-order valence-electron chi connectivity index (χ4n) is 4.56. The van der Waals surface area contributed by atoms with E-state index in [0.29, 0.717) is 12.0 Å². The zero-order valence-electron chi connectivity index (χ0n) is 18.2. The van der Waals surface area contributed by atoms with E-state index < -0.39 is 6.04 Å². The Hall–Kier alpha value is -3.38. The highest BCUT2D eigenvalue weighted by Crippen LogP contribution is 2.40. The van der Waals surface area contributed by atoms with Crippen LogP contribution in [0.2, 0.25) is 0 Å². The molecule has 1 atom stereocenters. The Bertz CT molecular complexity index is 1420. The van der Waals surface area contributed by atoms with Gasteiger partial charge in [0.2, 0.25) is 5.91 Å². The number of fused-ring (bicyclic) bond motifs is 1. The fourth-order valence-corrected chi connectivity index (χ4v) is 4.92. The predicted molar refractivity (Wildman–Crippen MR) is 132 cm³/mol. The van der Waals surface area contributed by atoms with Crippen LogP contribution in [-0.4, -0.2) is 21.6 Å². The van der Waals surface area contributed by atoms with Crippen LogP contribution in [0, 0.1) is 12.7 Å². The van der Waals surface area contributed by atoms with Crippen molar-refractivity contribution in [3.63, 3.8) is 0 Å². The molecule has 33 heavy (non-hydrogen) atoms. The average Bonchev–Trinajstić information content (AvgIpc) is 3.24. The van der Waals surface area contributed by atoms with E-state index in [1.807, 2.05) is 37.3 Å². The second-order valence-electron chi connectivity index (χ2n) is 8.13. The molecule has 0 bridgehead atoms. The standard InChI is InChI=1S/C27H21BrFN3O/c1-16-26(24-15-25(32(31-24)17(2)33)20-10-6-7-11-22(20)29)27(18-8-4-3-5-9-18)21-14-19(28)12-13-23(21)30-16/h3-14,25H,15H2,1-2H3. The second-order valence-corrected chi connectivity index (χ2v) is 9.04. The first kappa shape index (κ1) is 21.5. The van der Waals surface area contributed by atoms with Gasteiger partial charge in [-0.05, 0) is 36.8 Å². The van der Waals surface area contributed by atoms with Crippen molar-refractivity contribution >= 4 is 38.5 Å². The molecule has 0 aliphatic carbocycles. The first-order chi connectivity index (χ1) is 15.9. The van der Waals surface area contributed by atoms with E-state index in [0.717, 1.165) is 43.5 Å². The van der Waals surface area contributed by atoms with Gasteiger partial charge in [0.05, 0.1) is 17.3 Å². The predicted octanol–water partition coefficient (Wildman–Crippen LogP) is 6.81. The van der Waals surface area contributed by atoms with Gasteiger partial charge in [-0.25, -0.2) is 9.40 Å². The summed E-state index contributed by atoms with van der Waals surface area (Å²) in [6.45, 7) is 3.42. The molecule has 4 aromatic rings. The molecule has 3 aromatic carbocycles. The number of carbonyl (C=O) groups is 1. The quantitative estimate of drug-likeness (QED) is 0.309. The SMILES string of the molecule is CC(=O)N1N=C(c2c(C)nc3ccc(Br)cc3c2-c2ccccc2)CC1c1ccccc1F. The van der Waals surface area contributed by atoms with Gasteiger partial charge in [0.15, 0.2) is 0 Å². The van der Waals surface area contributed by atoms with Crippen molar-refractivity contribution in [3.05, 3.63) is 99.9 Å². The molecule has 1 unspecified atom stereocenters. The van der Waals surface area contributed by atoms with Gasteiger partial charge >= 0.3 is 0 Å². The number of carbonyl (C=O) groups excluding carboxylic acids is 1. The van der Waals surface area contributed by atoms with E-state index in [-0.39, 0.29) is 11.7 Å². The van der Waals surface area contributed by atoms with E-state index in [1.165, 1.54) is 18.0 Å². The Morgan fingerprint density at radius 3 is 2.48 bits per heavy atom. The number of halogens is 2. The number of hydrogen-bond donors (Lipinski definition) is 0. The van der Waals surface area contributed by atoms with Gasteiger partial charge < -0.3 is 0 Å². The third kappa shape index (κ3) is 3.85. The molecule has 1 aromatic heterocycles. The lowest BCUT2D eigenvalue weighted by atomic mass is 9.89. The Labute approximate surface area is 199 Å². The first-order valence-corrected chi connectivity index (χ1v) is 11.5. The zero-order valence-corrected chi connectivity index (χ0v) is 19.8. The third-order valence-corrected chi connectivity index (χ3v) is 6.47. The van der Waals surface area contributed by atoms with E-state index >= 15 is 0 Å². The molecular weight excluding hydrogens is 481 g/mol. The van der Waals surface area contributed by atoms with E-state index in [2.05, 4.69) is 34.1 Å². The molecule has 5 rings (SSSR count). The number of aromatic nitrogens is 1. The molecule has 1 aliphatic heterocycles. The van der Waals surface area contributed by atoms with Crippen LogP contribution < -0.4 is 0 Å². The number of pyridine rings is 1. The summed E-state index contributed by atoms with van der Waals surface area (Å²) in [5.74, 6) is -0.570. The highest BCUT2D eigenvalue weighted by atomic mass is 79.9. The summed E-state index contributed by atoms with van der Waals surface area (Å²) in [5.41, 5.74) is 5.82. The van der Waals surface area contributed by atoms with Crippen LogP contribution in [-0.2, 0) is 4.79 Å². The van der Waals surface area contributed by atoms with Crippen LogP contribution in [0.1, 0.15) is 36.2 Å². The number of rotatable bonds is 3. The maximum Gasteiger partial charge on any atom is 0.240 e. The summed E-state index contributed by atoms with van der Waals surface area (Å²) in [5, 5.41) is 7.10. The molecule has 2 heterocycles. The summed E-state index contributed by atoms with van der Waals surface area (Å²) in [6, 6.07) is 22.2. The number of aryl methyl sites for hydroxylation is 1. The van der Waals surface area contributed by atoms with Gasteiger partial charge in [-0.1, -0.05) is 64.5 Å². The van der Waals surface area contributed by atoms with Gasteiger partial charge in [-0.3, -0.25) is 9.78 Å². The summed E-state index contributed by atoms with van der Waals surface area (Å²) < 4.78 is 15.6. The van der Waals surface area contributed by atoms with Crippen molar-refractivity contribution in [2.24, 2.45) is 5.10 Å². The van der Waals surface area contributed by atoms with Crippen LogP contribution in [0.3, 0.4) is 0 Å². The highest BCUT2D eigenvalue weighted by molar-refractivity contribution is 9.10. The van der Waals surface area contributed by atoms with Crippen molar-refractivity contribution in [2.75, 3.05) is 0 Å². The Kier molecular flexibility index (Phi) is 5.54. The molecule has 0 saturated carbocycles. The third-order valence-electron chi connectivity index (χ3n) is 5.98. The molecule has 1 amide bonds. The zero-order chi connectivity index (χ0) is 23.1. The molecule has 6 heteroatoms. The molecule has 0 N–H and O–H groups in total. The van der Waals surface area contributed by atoms with Crippen LogP contribution in [0.5, 0.6) is 0 Å². The number of amides is 1. The second kappa shape index (κ2) is 8.52. The number of nitrogens with zero attached hydrogens (tertiary/aromatic N) is 3. The monoisotopic (exact) mass is 501 g/mol. The maximum absolute atomic E-state index is 14.7. The number of hydrazone groups is 1. The summed E-state index contributed by atoms with van der Waals surface area (Å²) in [4.78, 5) is 17.3. The van der Waals surface area contributed by atoms with Crippen LogP contribution in [0.4, 0.5) is 4.39 Å². The van der Waals surface area contributed by atoms with Gasteiger partial charge in [-0.2, -0.15) is 5.10 Å². The smallest absolute Gasteiger partial charge is 0.240 e. The Morgan fingerprint density at radius 1 is 1.03 bits per heavy atom. The van der Waals surface area contributed by atoms with Crippen molar-refractivity contribution < 1.29 is 9.18 Å². The van der Waals surface area contributed by atoms with Crippen LogP contribution in [0.25, 0.3) is 22.0 Å². The highest BCUT2D eigenvalue weighted by Gasteiger charge is 2.35. The minimum absolute atomic E-state index is 0.228. The lowest BCUT2D eigenvalue weighted by Gasteiger charge is -2.20. The van der Waals surface area contributed by atoms with Crippen molar-refractivity contribution in [1.29, 1.82) is 0 Å².